The first-order valence-corrected chi connectivity index (χ1v) is 7.93. The van der Waals surface area contributed by atoms with Crippen LogP contribution < -0.4 is 0 Å². The average molecular weight is 276 g/mol. The summed E-state index contributed by atoms with van der Waals surface area (Å²) in [6, 6.07) is 17.5. The largest absolute Gasteiger partial charge is 0.135 e. The predicted molar refractivity (Wildman–Crippen MR) is 88.4 cm³/mol. The van der Waals surface area contributed by atoms with Crippen LogP contribution in [0.25, 0.3) is 15.7 Å². The summed E-state index contributed by atoms with van der Waals surface area (Å²) in [4.78, 5) is 1.48. The van der Waals surface area contributed by atoms with Crippen LogP contribution in [0.4, 0.5) is 0 Å². The molecule has 1 heteroatoms. The second-order valence-electron chi connectivity index (χ2n) is 5.38. The molecule has 0 nitrogen and oxygen atoms in total. The van der Waals surface area contributed by atoms with E-state index in [1.54, 1.807) is 5.56 Å². The van der Waals surface area contributed by atoms with E-state index in [0.29, 0.717) is 0 Å². The van der Waals surface area contributed by atoms with Gasteiger partial charge in [-0.1, -0.05) is 54.6 Å². The van der Waals surface area contributed by atoms with Crippen LogP contribution in [-0.4, -0.2) is 0 Å². The van der Waals surface area contributed by atoms with Gasteiger partial charge in [-0.15, -0.1) is 11.3 Å². The van der Waals surface area contributed by atoms with Gasteiger partial charge >= 0.3 is 0 Å². The standard InChI is InChI=1S/C19H16S/c1-13-7-5-11-16-17-12-6-10-15(19(17)20-18(13)16)14-8-3-2-4-9-14/h2-5,7-11H,6,12H2,1H3. The van der Waals surface area contributed by atoms with Crippen LogP contribution in [0.15, 0.2) is 54.6 Å². The number of thiophene rings is 1. The van der Waals surface area contributed by atoms with Crippen molar-refractivity contribution in [1.82, 2.24) is 0 Å². The van der Waals surface area contributed by atoms with Crippen molar-refractivity contribution in [2.24, 2.45) is 0 Å². The molecule has 20 heavy (non-hydrogen) atoms. The Morgan fingerprint density at radius 2 is 1.80 bits per heavy atom. The van der Waals surface area contributed by atoms with Gasteiger partial charge in [0.15, 0.2) is 0 Å². The van der Waals surface area contributed by atoms with E-state index in [1.807, 2.05) is 11.3 Å². The van der Waals surface area contributed by atoms with E-state index in [-0.39, 0.29) is 0 Å². The molecule has 0 saturated heterocycles. The first-order chi connectivity index (χ1) is 9.84. The zero-order valence-corrected chi connectivity index (χ0v) is 12.3. The highest BCUT2D eigenvalue weighted by Gasteiger charge is 2.20. The Bertz CT molecular complexity index is 806. The van der Waals surface area contributed by atoms with Gasteiger partial charge in [-0.05, 0) is 47.4 Å². The van der Waals surface area contributed by atoms with Crippen LogP contribution in [0.5, 0.6) is 0 Å². The number of allylic oxidation sites excluding steroid dienone is 1. The van der Waals surface area contributed by atoms with E-state index in [4.69, 9.17) is 0 Å². The summed E-state index contributed by atoms with van der Waals surface area (Å²) in [7, 11) is 0. The van der Waals surface area contributed by atoms with Gasteiger partial charge < -0.3 is 0 Å². The maximum absolute atomic E-state index is 2.41. The Balaban J connectivity index is 1.98. The first-order valence-electron chi connectivity index (χ1n) is 7.11. The zero-order valence-electron chi connectivity index (χ0n) is 11.5. The molecule has 0 unspecified atom stereocenters. The smallest absolute Gasteiger partial charge is 0.0390 e. The molecule has 98 valence electrons. The molecule has 1 heterocycles. The van der Waals surface area contributed by atoms with Gasteiger partial charge in [0.2, 0.25) is 0 Å². The average Bonchev–Trinajstić information content (AvgIpc) is 2.88. The maximum atomic E-state index is 2.41. The molecule has 0 spiro atoms. The van der Waals surface area contributed by atoms with Crippen molar-refractivity contribution in [2.45, 2.75) is 19.8 Å². The van der Waals surface area contributed by atoms with Crippen LogP contribution >= 0.6 is 11.3 Å². The van der Waals surface area contributed by atoms with Gasteiger partial charge in [-0.3, -0.25) is 0 Å². The number of hydrogen-bond acceptors (Lipinski definition) is 1. The molecule has 1 aromatic heterocycles. The molecule has 0 fully saturated rings. The van der Waals surface area contributed by atoms with Gasteiger partial charge in [-0.2, -0.15) is 0 Å². The lowest BCUT2D eigenvalue weighted by atomic mass is 9.91. The lowest BCUT2D eigenvalue weighted by Gasteiger charge is -2.14. The lowest BCUT2D eigenvalue weighted by Crippen LogP contribution is -1.97. The Hall–Kier alpha value is -1.86. The monoisotopic (exact) mass is 276 g/mol. The number of aryl methyl sites for hydroxylation is 2. The predicted octanol–water partition coefficient (Wildman–Crippen LogP) is 5.59. The highest BCUT2D eigenvalue weighted by Crippen LogP contribution is 2.42. The molecule has 0 saturated carbocycles. The minimum absolute atomic E-state index is 1.15. The topological polar surface area (TPSA) is 0 Å². The molecular formula is C19H16S. The fraction of sp³-hybridized carbons (Fsp3) is 0.158. The van der Waals surface area contributed by atoms with Gasteiger partial charge in [0.25, 0.3) is 0 Å². The molecule has 0 bridgehead atoms. The Labute approximate surface area is 123 Å². The third-order valence-corrected chi connectivity index (χ3v) is 5.50. The number of rotatable bonds is 1. The van der Waals surface area contributed by atoms with Crippen molar-refractivity contribution in [3.8, 4) is 0 Å². The van der Waals surface area contributed by atoms with E-state index in [1.165, 1.54) is 38.1 Å². The minimum Gasteiger partial charge on any atom is -0.135 e. The molecule has 0 radical (unpaired) electrons. The van der Waals surface area contributed by atoms with Crippen LogP contribution in [0.1, 0.15) is 28.0 Å². The molecule has 0 aliphatic heterocycles. The van der Waals surface area contributed by atoms with Crippen LogP contribution in [0, 0.1) is 6.92 Å². The zero-order chi connectivity index (χ0) is 13.5. The molecular weight excluding hydrogens is 260 g/mol. The second kappa shape index (κ2) is 4.60. The molecule has 2 aromatic carbocycles. The van der Waals surface area contributed by atoms with Gasteiger partial charge in [0.1, 0.15) is 0 Å². The summed E-state index contributed by atoms with van der Waals surface area (Å²) in [5.41, 5.74) is 5.72. The van der Waals surface area contributed by atoms with Crippen LogP contribution in [-0.2, 0) is 6.42 Å². The fourth-order valence-electron chi connectivity index (χ4n) is 3.10. The van der Waals surface area contributed by atoms with E-state index in [0.717, 1.165) is 6.42 Å². The summed E-state index contributed by atoms with van der Waals surface area (Å²) in [6.45, 7) is 2.22. The van der Waals surface area contributed by atoms with E-state index in [9.17, 15) is 0 Å². The molecule has 0 amide bonds. The maximum Gasteiger partial charge on any atom is 0.0390 e. The molecule has 0 N–H and O–H groups in total. The molecule has 0 atom stereocenters. The molecule has 1 aliphatic carbocycles. The Kier molecular flexibility index (Phi) is 2.75. The molecule has 4 rings (SSSR count). The third-order valence-electron chi connectivity index (χ3n) is 4.09. The van der Waals surface area contributed by atoms with Crippen molar-refractivity contribution < 1.29 is 0 Å². The fourth-order valence-corrected chi connectivity index (χ4v) is 4.48. The van der Waals surface area contributed by atoms with Gasteiger partial charge in [0, 0.05) is 9.58 Å². The van der Waals surface area contributed by atoms with Crippen molar-refractivity contribution in [2.75, 3.05) is 0 Å². The van der Waals surface area contributed by atoms with Crippen molar-refractivity contribution in [3.05, 3.63) is 76.2 Å². The lowest BCUT2D eigenvalue weighted by molar-refractivity contribution is 0.998. The molecule has 1 aliphatic rings. The van der Waals surface area contributed by atoms with Gasteiger partial charge in [-0.25, -0.2) is 0 Å². The van der Waals surface area contributed by atoms with E-state index in [2.05, 4.69) is 61.5 Å². The number of hydrogen-bond donors (Lipinski definition) is 0. The first kappa shape index (κ1) is 11.9. The SMILES string of the molecule is Cc1cccc2c3c(sc12)C(c1ccccc1)=CCC3. The highest BCUT2D eigenvalue weighted by molar-refractivity contribution is 7.20. The molecule has 3 aromatic rings. The summed E-state index contributed by atoms with van der Waals surface area (Å²) >= 11 is 1.96. The third kappa shape index (κ3) is 1.74. The Morgan fingerprint density at radius 3 is 2.65 bits per heavy atom. The second-order valence-corrected chi connectivity index (χ2v) is 6.40. The number of fused-ring (bicyclic) bond motifs is 3. The summed E-state index contributed by atoms with van der Waals surface area (Å²) in [6.07, 6.45) is 4.73. The van der Waals surface area contributed by atoms with Crippen molar-refractivity contribution in [1.29, 1.82) is 0 Å². The Morgan fingerprint density at radius 1 is 0.950 bits per heavy atom. The quantitative estimate of drug-likeness (QED) is 0.543. The van der Waals surface area contributed by atoms with Crippen molar-refractivity contribution in [3.63, 3.8) is 0 Å². The van der Waals surface area contributed by atoms with E-state index < -0.39 is 0 Å². The van der Waals surface area contributed by atoms with Gasteiger partial charge in [0.05, 0.1) is 0 Å². The summed E-state index contributed by atoms with van der Waals surface area (Å²) < 4.78 is 1.46. The van der Waals surface area contributed by atoms with Crippen LogP contribution in [0.3, 0.4) is 0 Å². The highest BCUT2D eigenvalue weighted by atomic mass is 32.1. The summed E-state index contributed by atoms with van der Waals surface area (Å²) in [5, 5.41) is 1.46. The summed E-state index contributed by atoms with van der Waals surface area (Å²) in [5.74, 6) is 0. The normalized spacial score (nSPS) is 14.2. The van der Waals surface area contributed by atoms with Crippen LogP contribution in [0.2, 0.25) is 0 Å². The number of benzene rings is 2. The minimum atomic E-state index is 1.15. The van der Waals surface area contributed by atoms with E-state index >= 15 is 0 Å². The van der Waals surface area contributed by atoms with Crippen molar-refractivity contribution >= 4 is 27.0 Å².